The number of likely N-dealkylation sites (tertiary alicyclic amines) is 1. The van der Waals surface area contributed by atoms with Gasteiger partial charge in [-0.2, -0.15) is 0 Å². The van der Waals surface area contributed by atoms with E-state index in [2.05, 4.69) is 30.7 Å². The fourth-order valence-electron chi connectivity index (χ4n) is 5.22. The zero-order valence-corrected chi connectivity index (χ0v) is 20.8. The summed E-state index contributed by atoms with van der Waals surface area (Å²) >= 11 is 1.82. The molecule has 2 N–H and O–H groups in total. The van der Waals surface area contributed by atoms with Crippen molar-refractivity contribution in [2.24, 2.45) is 0 Å². The molecule has 6 rings (SSSR count). The minimum Gasteiger partial charge on any atom is -0.379 e. The van der Waals surface area contributed by atoms with Gasteiger partial charge in [0, 0.05) is 69.1 Å². The predicted octanol–water partition coefficient (Wildman–Crippen LogP) is 1.86. The summed E-state index contributed by atoms with van der Waals surface area (Å²) in [6.45, 7) is 10.2. The van der Waals surface area contributed by atoms with Crippen LogP contribution in [0.15, 0.2) is 18.5 Å². The van der Waals surface area contributed by atoms with Gasteiger partial charge in [-0.1, -0.05) is 0 Å². The summed E-state index contributed by atoms with van der Waals surface area (Å²) in [7, 11) is 0. The van der Waals surface area contributed by atoms with Gasteiger partial charge in [-0.05, 0) is 18.9 Å². The zero-order valence-electron chi connectivity index (χ0n) is 19.9. The van der Waals surface area contributed by atoms with E-state index in [1.807, 2.05) is 11.3 Å². The van der Waals surface area contributed by atoms with Crippen molar-refractivity contribution in [3.8, 4) is 11.4 Å². The Kier molecular flexibility index (Phi) is 6.75. The number of nitrogen functional groups attached to an aromatic ring is 1. The van der Waals surface area contributed by atoms with E-state index < -0.39 is 0 Å². The maximum atomic E-state index is 5.69. The second kappa shape index (κ2) is 10.3. The van der Waals surface area contributed by atoms with Crippen molar-refractivity contribution >= 4 is 33.3 Å². The Hall–Kier alpha value is -2.44. The molecule has 10 nitrogen and oxygen atoms in total. The topological polar surface area (TPSA) is 106 Å². The van der Waals surface area contributed by atoms with Gasteiger partial charge in [0.05, 0.1) is 42.2 Å². The average Bonchev–Trinajstić information content (AvgIpc) is 3.32. The smallest absolute Gasteiger partial charge is 0.219 e. The normalized spacial score (nSPS) is 21.1. The number of piperidine rings is 1. The van der Waals surface area contributed by atoms with Crippen LogP contribution >= 0.6 is 11.3 Å². The fraction of sp³-hybridized carbons (Fsp3) is 0.583. The molecule has 3 aromatic rings. The summed E-state index contributed by atoms with van der Waals surface area (Å²) in [6.07, 6.45) is 5.84. The van der Waals surface area contributed by atoms with Crippen LogP contribution in [-0.2, 0) is 16.0 Å². The number of ether oxygens (including phenoxy) is 2. The Morgan fingerprint density at radius 2 is 1.60 bits per heavy atom. The van der Waals surface area contributed by atoms with Crippen LogP contribution in [0.1, 0.15) is 17.7 Å². The molecule has 0 aromatic carbocycles. The fourth-order valence-corrected chi connectivity index (χ4v) is 6.37. The lowest BCUT2D eigenvalue weighted by atomic mass is 10.0. The van der Waals surface area contributed by atoms with E-state index in [1.54, 1.807) is 12.4 Å². The molecular weight excluding hydrogens is 464 g/mol. The lowest BCUT2D eigenvalue weighted by Gasteiger charge is -2.40. The van der Waals surface area contributed by atoms with Gasteiger partial charge in [0.2, 0.25) is 5.95 Å². The maximum Gasteiger partial charge on any atom is 0.219 e. The molecule has 0 aliphatic carbocycles. The van der Waals surface area contributed by atoms with Gasteiger partial charge in [-0.3, -0.25) is 9.80 Å². The van der Waals surface area contributed by atoms with E-state index in [1.165, 1.54) is 17.7 Å². The van der Waals surface area contributed by atoms with Gasteiger partial charge in [0.25, 0.3) is 0 Å². The van der Waals surface area contributed by atoms with Gasteiger partial charge in [0.1, 0.15) is 0 Å². The molecule has 3 saturated heterocycles. The summed E-state index contributed by atoms with van der Waals surface area (Å²) in [5.74, 6) is 1.86. The Bertz CT molecular complexity index is 1140. The van der Waals surface area contributed by atoms with Crippen LogP contribution in [0.5, 0.6) is 0 Å². The van der Waals surface area contributed by atoms with E-state index >= 15 is 0 Å². The Morgan fingerprint density at radius 3 is 2.31 bits per heavy atom. The van der Waals surface area contributed by atoms with E-state index in [9.17, 15) is 0 Å². The number of anilines is 2. The summed E-state index contributed by atoms with van der Waals surface area (Å²) in [4.78, 5) is 27.0. The molecule has 186 valence electrons. The molecule has 35 heavy (non-hydrogen) atoms. The number of hydrogen-bond donors (Lipinski definition) is 1. The molecule has 11 heteroatoms. The van der Waals surface area contributed by atoms with Crippen LogP contribution in [0.2, 0.25) is 0 Å². The molecule has 3 aromatic heterocycles. The number of nitrogens with two attached hydrogens (primary N) is 1. The first-order valence-electron chi connectivity index (χ1n) is 12.5. The minimum absolute atomic E-state index is 0.249. The van der Waals surface area contributed by atoms with Gasteiger partial charge >= 0.3 is 0 Å². The second-order valence-electron chi connectivity index (χ2n) is 9.38. The molecule has 3 aliphatic heterocycles. The first kappa shape index (κ1) is 23.0. The van der Waals surface area contributed by atoms with Crippen molar-refractivity contribution < 1.29 is 9.47 Å². The molecule has 3 aliphatic rings. The third kappa shape index (κ3) is 5.10. The first-order chi connectivity index (χ1) is 17.2. The monoisotopic (exact) mass is 496 g/mol. The SMILES string of the molecule is Nc1ncc(-c2nc(N3CCOCC3)c3sc(CN4CCC(N5CCOCC5)CC4)cc3n2)cn1. The van der Waals surface area contributed by atoms with Crippen LogP contribution in [0.4, 0.5) is 11.8 Å². The molecule has 0 spiro atoms. The third-order valence-electron chi connectivity index (χ3n) is 7.14. The Labute approximate surface area is 209 Å². The van der Waals surface area contributed by atoms with Gasteiger partial charge in [-0.25, -0.2) is 19.9 Å². The Morgan fingerprint density at radius 1 is 0.914 bits per heavy atom. The number of morpholine rings is 2. The molecule has 0 amide bonds. The van der Waals surface area contributed by atoms with E-state index in [0.717, 1.165) is 80.6 Å². The molecule has 0 atom stereocenters. The van der Waals surface area contributed by atoms with Gasteiger partial charge < -0.3 is 20.1 Å². The molecular formula is C24H32N8O2S. The molecule has 3 fully saturated rings. The largest absolute Gasteiger partial charge is 0.379 e. The van der Waals surface area contributed by atoms with Crippen LogP contribution < -0.4 is 10.6 Å². The highest BCUT2D eigenvalue weighted by Crippen LogP contribution is 2.35. The van der Waals surface area contributed by atoms with Crippen molar-refractivity contribution in [1.29, 1.82) is 0 Å². The van der Waals surface area contributed by atoms with Crippen LogP contribution in [0.3, 0.4) is 0 Å². The van der Waals surface area contributed by atoms with Crippen molar-refractivity contribution in [3.63, 3.8) is 0 Å². The van der Waals surface area contributed by atoms with Gasteiger partial charge in [0.15, 0.2) is 11.6 Å². The van der Waals surface area contributed by atoms with Crippen molar-refractivity contribution in [3.05, 3.63) is 23.3 Å². The quantitative estimate of drug-likeness (QED) is 0.563. The van der Waals surface area contributed by atoms with E-state index in [-0.39, 0.29) is 5.95 Å². The predicted molar refractivity (Wildman–Crippen MR) is 137 cm³/mol. The molecule has 0 radical (unpaired) electrons. The molecule has 0 saturated carbocycles. The first-order valence-corrected chi connectivity index (χ1v) is 13.3. The number of hydrogen-bond acceptors (Lipinski definition) is 11. The van der Waals surface area contributed by atoms with Crippen LogP contribution in [0, 0.1) is 0 Å². The number of rotatable bonds is 5. The van der Waals surface area contributed by atoms with Crippen molar-refractivity contribution in [2.45, 2.75) is 25.4 Å². The lowest BCUT2D eigenvalue weighted by molar-refractivity contribution is 0.000310. The summed E-state index contributed by atoms with van der Waals surface area (Å²) < 4.78 is 12.3. The van der Waals surface area contributed by atoms with Gasteiger partial charge in [-0.15, -0.1) is 11.3 Å². The highest BCUT2D eigenvalue weighted by atomic mass is 32.1. The minimum atomic E-state index is 0.249. The standard InChI is InChI=1S/C24H32N8O2S/c25-24-26-14-17(15-27-24)22-28-20-13-19(35-21(20)23(29-22)32-7-11-34-12-8-32)16-30-3-1-18(2-4-30)31-5-9-33-10-6-31/h13-15,18H,1-12,16H2,(H2,25,26,27). The van der Waals surface area contributed by atoms with E-state index in [0.29, 0.717) is 25.1 Å². The summed E-state index contributed by atoms with van der Waals surface area (Å²) in [5, 5.41) is 0. The molecule has 0 unspecified atom stereocenters. The van der Waals surface area contributed by atoms with Crippen molar-refractivity contribution in [1.82, 2.24) is 29.7 Å². The van der Waals surface area contributed by atoms with E-state index in [4.69, 9.17) is 25.2 Å². The summed E-state index contributed by atoms with van der Waals surface area (Å²) in [6, 6.07) is 2.93. The maximum absolute atomic E-state index is 5.69. The van der Waals surface area contributed by atoms with Crippen LogP contribution in [0.25, 0.3) is 21.6 Å². The summed E-state index contributed by atoms with van der Waals surface area (Å²) in [5.41, 5.74) is 7.44. The molecule has 0 bridgehead atoms. The Balaban J connectivity index is 1.23. The number of fused-ring (bicyclic) bond motifs is 1. The molecule has 6 heterocycles. The third-order valence-corrected chi connectivity index (χ3v) is 8.25. The van der Waals surface area contributed by atoms with Crippen molar-refractivity contribution in [2.75, 3.05) is 76.3 Å². The average molecular weight is 497 g/mol. The lowest BCUT2D eigenvalue weighted by Crippen LogP contribution is -2.48. The number of aromatic nitrogens is 4. The highest BCUT2D eigenvalue weighted by Gasteiger charge is 2.27. The highest BCUT2D eigenvalue weighted by molar-refractivity contribution is 7.19. The zero-order chi connectivity index (χ0) is 23.6. The number of thiophene rings is 1. The number of nitrogens with zero attached hydrogens (tertiary/aromatic N) is 7. The second-order valence-corrected chi connectivity index (χ2v) is 10.5. The van der Waals surface area contributed by atoms with Crippen LogP contribution in [-0.4, -0.2) is 101 Å².